The quantitative estimate of drug-likeness (QED) is 0.215. The van der Waals surface area contributed by atoms with E-state index in [0.717, 1.165) is 6.07 Å². The van der Waals surface area contributed by atoms with Crippen LogP contribution in [0.4, 0.5) is 0 Å². The van der Waals surface area contributed by atoms with Gasteiger partial charge in [0.2, 0.25) is 17.5 Å². The fourth-order valence-electron chi connectivity index (χ4n) is 4.51. The first kappa shape index (κ1) is 27.8. The van der Waals surface area contributed by atoms with Gasteiger partial charge in [0.15, 0.2) is 18.0 Å². The largest absolute Gasteiger partial charge is 0.508 e. The number of rotatable bonds is 6. The predicted molar refractivity (Wildman–Crippen MR) is 142 cm³/mol. The molecule has 0 bridgehead atoms. The number of aliphatic hydroxyl groups excluding tert-OH is 2. The molecule has 0 spiro atoms. The van der Waals surface area contributed by atoms with Crippen molar-refractivity contribution in [1.82, 2.24) is 0 Å². The number of aromatic hydroxyl groups is 3. The van der Waals surface area contributed by atoms with Crippen molar-refractivity contribution in [2.75, 3.05) is 7.11 Å². The third-order valence-corrected chi connectivity index (χ3v) is 6.66. The van der Waals surface area contributed by atoms with Gasteiger partial charge < -0.3 is 48.9 Å². The van der Waals surface area contributed by atoms with Crippen LogP contribution in [0.15, 0.2) is 69.9 Å². The molecule has 0 amide bonds. The molecule has 3 aromatic carbocycles. The van der Waals surface area contributed by atoms with E-state index in [0.29, 0.717) is 0 Å². The van der Waals surface area contributed by atoms with Crippen molar-refractivity contribution in [2.24, 2.45) is 0 Å². The highest BCUT2D eigenvalue weighted by atomic mass is 16.7. The van der Waals surface area contributed by atoms with E-state index in [2.05, 4.69) is 0 Å². The van der Waals surface area contributed by atoms with Gasteiger partial charge in [0.1, 0.15) is 45.6 Å². The van der Waals surface area contributed by atoms with E-state index < -0.39 is 53.6 Å². The highest BCUT2D eigenvalue weighted by Crippen LogP contribution is 2.37. The van der Waals surface area contributed by atoms with Crippen molar-refractivity contribution in [3.8, 4) is 40.1 Å². The van der Waals surface area contributed by atoms with E-state index in [-0.39, 0.29) is 45.1 Å². The summed E-state index contributed by atoms with van der Waals surface area (Å²) in [4.78, 5) is 25.7. The Morgan fingerprint density at radius 2 is 1.66 bits per heavy atom. The van der Waals surface area contributed by atoms with Gasteiger partial charge in [-0.3, -0.25) is 4.79 Å². The molecule has 2 heterocycles. The number of para-hydroxylation sites is 1. The van der Waals surface area contributed by atoms with Crippen LogP contribution in [-0.4, -0.2) is 69.3 Å². The maximum Gasteiger partial charge on any atom is 0.342 e. The summed E-state index contributed by atoms with van der Waals surface area (Å²) in [6.07, 6.45) is -7.00. The molecule has 1 fully saturated rings. The number of carbonyl (C=O) groups is 1. The molecule has 5 N–H and O–H groups in total. The van der Waals surface area contributed by atoms with Crippen LogP contribution in [0.5, 0.6) is 28.7 Å². The first-order valence-electron chi connectivity index (χ1n) is 12.4. The summed E-state index contributed by atoms with van der Waals surface area (Å²) in [6.45, 7) is 1.49. The standard InChI is InChI=1S/C29H26O12/c1-13-22(32)27(41-28(36)17-5-3-4-6-19(17)37-2)25(35)29(38-13)39-16-11-18(31)21-20(12-16)40-26(24(34)23(21)33)14-7-9-15(30)10-8-14/h3-13,22,25,27,29-32,34-35H,1-2H3/t13-,22-,25+,27+,29-/m0/s1. The molecule has 0 radical (unpaired) electrons. The molecule has 12 nitrogen and oxygen atoms in total. The van der Waals surface area contributed by atoms with Crippen LogP contribution in [0.1, 0.15) is 17.3 Å². The minimum atomic E-state index is -1.68. The highest BCUT2D eigenvalue weighted by Gasteiger charge is 2.47. The second kappa shape index (κ2) is 11.0. The number of methoxy groups -OCH3 is 1. The van der Waals surface area contributed by atoms with Gasteiger partial charge in [0, 0.05) is 17.7 Å². The number of benzene rings is 3. The average Bonchev–Trinajstić information content (AvgIpc) is 2.96. The molecule has 0 unspecified atom stereocenters. The Bertz CT molecular complexity index is 1640. The Kier molecular flexibility index (Phi) is 7.45. The topological polar surface area (TPSA) is 185 Å². The molecule has 1 aromatic heterocycles. The van der Waals surface area contributed by atoms with E-state index >= 15 is 0 Å². The Labute approximate surface area is 232 Å². The lowest BCUT2D eigenvalue weighted by molar-refractivity contribution is -0.267. The van der Waals surface area contributed by atoms with Crippen LogP contribution in [0.25, 0.3) is 22.3 Å². The van der Waals surface area contributed by atoms with E-state index in [1.165, 1.54) is 50.4 Å². The van der Waals surface area contributed by atoms with Crippen LogP contribution in [0.2, 0.25) is 0 Å². The van der Waals surface area contributed by atoms with Crippen LogP contribution in [0, 0.1) is 0 Å². The number of aliphatic hydroxyl groups is 2. The molecule has 5 atom stereocenters. The molecule has 0 aliphatic carbocycles. The third-order valence-electron chi connectivity index (χ3n) is 6.66. The normalized spacial score (nSPS) is 22.3. The fourth-order valence-corrected chi connectivity index (χ4v) is 4.51. The number of phenols is 2. The van der Waals surface area contributed by atoms with Crippen LogP contribution in [-0.2, 0) is 9.47 Å². The fraction of sp³-hybridized carbons (Fsp3) is 0.241. The minimum Gasteiger partial charge on any atom is -0.508 e. The first-order valence-corrected chi connectivity index (χ1v) is 12.4. The lowest BCUT2D eigenvalue weighted by atomic mass is 9.99. The van der Waals surface area contributed by atoms with E-state index in [9.17, 15) is 35.1 Å². The van der Waals surface area contributed by atoms with Gasteiger partial charge in [0.25, 0.3) is 0 Å². The lowest BCUT2D eigenvalue weighted by Gasteiger charge is -2.40. The first-order chi connectivity index (χ1) is 19.6. The Balaban J connectivity index is 1.45. The molecule has 1 saturated heterocycles. The van der Waals surface area contributed by atoms with Crippen LogP contribution in [0.3, 0.4) is 0 Å². The molecule has 214 valence electrons. The molecule has 1 aliphatic heterocycles. The molecule has 12 heteroatoms. The van der Waals surface area contributed by atoms with Crippen molar-refractivity contribution in [3.05, 3.63) is 76.5 Å². The third kappa shape index (κ3) is 5.23. The van der Waals surface area contributed by atoms with E-state index in [4.69, 9.17) is 23.4 Å². The van der Waals surface area contributed by atoms with Gasteiger partial charge in [-0.1, -0.05) is 12.1 Å². The zero-order valence-corrected chi connectivity index (χ0v) is 21.8. The highest BCUT2D eigenvalue weighted by molar-refractivity contribution is 5.92. The van der Waals surface area contributed by atoms with E-state index in [1.807, 2.05) is 0 Å². The number of hydrogen-bond acceptors (Lipinski definition) is 12. The number of carbonyl (C=O) groups excluding carboxylic acids is 1. The van der Waals surface area contributed by atoms with Crippen LogP contribution < -0.4 is 14.9 Å². The Hall–Kier alpha value is -4.78. The second-order valence-corrected chi connectivity index (χ2v) is 9.35. The molecule has 5 rings (SSSR count). The number of ether oxygens (including phenoxy) is 4. The Morgan fingerprint density at radius 1 is 0.951 bits per heavy atom. The van der Waals surface area contributed by atoms with Crippen molar-refractivity contribution < 1.29 is 53.7 Å². The lowest BCUT2D eigenvalue weighted by Crippen LogP contribution is -2.59. The van der Waals surface area contributed by atoms with Gasteiger partial charge >= 0.3 is 5.97 Å². The Morgan fingerprint density at radius 3 is 2.37 bits per heavy atom. The van der Waals surface area contributed by atoms with Crippen LogP contribution >= 0.6 is 0 Å². The molecule has 4 aromatic rings. The zero-order valence-electron chi connectivity index (χ0n) is 21.8. The smallest absolute Gasteiger partial charge is 0.342 e. The SMILES string of the molecule is COc1ccccc1C(=O)O[C@@H]1[C@@H](O)[C@H](C)O[C@@H](Oc2cc(O)c3c(=O)c(O)c(-c4ccc(O)cc4)oc3c2)[C@@H]1O. The summed E-state index contributed by atoms with van der Waals surface area (Å²) in [5, 5.41) is 51.9. The van der Waals surface area contributed by atoms with Crippen molar-refractivity contribution in [3.63, 3.8) is 0 Å². The summed E-state index contributed by atoms with van der Waals surface area (Å²) < 4.78 is 27.7. The van der Waals surface area contributed by atoms with Gasteiger partial charge in [-0.15, -0.1) is 0 Å². The summed E-state index contributed by atoms with van der Waals surface area (Å²) in [7, 11) is 1.38. The van der Waals surface area contributed by atoms with Crippen molar-refractivity contribution in [1.29, 1.82) is 0 Å². The molecular weight excluding hydrogens is 540 g/mol. The van der Waals surface area contributed by atoms with Gasteiger partial charge in [-0.25, -0.2) is 4.79 Å². The average molecular weight is 567 g/mol. The molecular formula is C29H26O12. The molecule has 1 aliphatic rings. The summed E-state index contributed by atoms with van der Waals surface area (Å²) >= 11 is 0. The number of esters is 1. The second-order valence-electron chi connectivity index (χ2n) is 9.35. The summed E-state index contributed by atoms with van der Waals surface area (Å²) in [5.74, 6) is -2.32. The van der Waals surface area contributed by atoms with E-state index in [1.54, 1.807) is 18.2 Å². The van der Waals surface area contributed by atoms with Crippen molar-refractivity contribution in [2.45, 2.75) is 37.6 Å². The van der Waals surface area contributed by atoms with Crippen molar-refractivity contribution >= 4 is 16.9 Å². The van der Waals surface area contributed by atoms with Gasteiger partial charge in [-0.05, 0) is 43.3 Å². The minimum absolute atomic E-state index is 0.0398. The maximum atomic E-state index is 12.9. The number of hydrogen-bond donors (Lipinski definition) is 5. The summed E-state index contributed by atoms with van der Waals surface area (Å²) in [5.41, 5.74) is -0.720. The maximum absolute atomic E-state index is 12.9. The molecule has 41 heavy (non-hydrogen) atoms. The number of fused-ring (bicyclic) bond motifs is 1. The summed E-state index contributed by atoms with van der Waals surface area (Å²) in [6, 6.07) is 14.1. The van der Waals surface area contributed by atoms with Gasteiger partial charge in [0.05, 0.1) is 13.2 Å². The number of phenolic OH excluding ortho intramolecular Hbond substituents is 2. The molecule has 0 saturated carbocycles. The predicted octanol–water partition coefficient (Wildman–Crippen LogP) is 2.66. The monoisotopic (exact) mass is 566 g/mol. The van der Waals surface area contributed by atoms with Gasteiger partial charge in [-0.2, -0.15) is 0 Å². The zero-order chi connectivity index (χ0) is 29.4.